The van der Waals surface area contributed by atoms with Crippen LogP contribution in [0.25, 0.3) is 0 Å². The number of hydrogen-bond acceptors (Lipinski definition) is 1. The number of nitrogens with one attached hydrogen (secondary N) is 1. The first-order chi connectivity index (χ1) is 7.46. The molecule has 2 rings (SSSR count). The van der Waals surface area contributed by atoms with Gasteiger partial charge in [-0.15, -0.1) is 0 Å². The van der Waals surface area contributed by atoms with Crippen molar-refractivity contribution in [3.8, 4) is 0 Å². The number of carbonyl (C=O) groups is 1. The quantitative estimate of drug-likeness (QED) is 0.891. The van der Waals surface area contributed by atoms with Gasteiger partial charge in [-0.05, 0) is 18.2 Å². The Morgan fingerprint density at radius 1 is 1.44 bits per heavy atom. The Hall–Kier alpha value is -0.970. The third-order valence-electron chi connectivity index (χ3n) is 2.51. The van der Waals surface area contributed by atoms with E-state index in [0.717, 1.165) is 4.47 Å². The van der Waals surface area contributed by atoms with Gasteiger partial charge in [0.05, 0.1) is 0 Å². The molecule has 5 heteroatoms. The molecule has 1 aliphatic carbocycles. The summed E-state index contributed by atoms with van der Waals surface area (Å²) < 4.78 is 25.9. The molecule has 0 aromatic heterocycles. The Kier molecular flexibility index (Phi) is 2.97. The van der Waals surface area contributed by atoms with Gasteiger partial charge < -0.3 is 5.32 Å². The number of alkyl halides is 2. The van der Waals surface area contributed by atoms with Gasteiger partial charge in [0.15, 0.2) is 0 Å². The molecular weight excluding hydrogens is 280 g/mol. The first kappa shape index (κ1) is 11.5. The predicted octanol–water partition coefficient (Wildman–Crippen LogP) is 2.98. The van der Waals surface area contributed by atoms with Crippen LogP contribution >= 0.6 is 15.9 Å². The molecule has 1 aromatic rings. The van der Waals surface area contributed by atoms with Crippen molar-refractivity contribution < 1.29 is 13.6 Å². The lowest BCUT2D eigenvalue weighted by Crippen LogP contribution is -2.50. The van der Waals surface area contributed by atoms with Crippen LogP contribution in [-0.4, -0.2) is 17.9 Å². The molecule has 1 saturated carbocycles. The van der Waals surface area contributed by atoms with Crippen LogP contribution in [-0.2, 0) is 0 Å². The number of amides is 1. The summed E-state index contributed by atoms with van der Waals surface area (Å²) in [5.74, 6) is -2.91. The molecule has 0 bridgehead atoms. The van der Waals surface area contributed by atoms with Crippen LogP contribution in [0.5, 0.6) is 0 Å². The van der Waals surface area contributed by atoms with Crippen molar-refractivity contribution in [2.75, 3.05) is 0 Å². The van der Waals surface area contributed by atoms with Gasteiger partial charge in [-0.3, -0.25) is 4.79 Å². The van der Waals surface area contributed by atoms with Crippen molar-refractivity contribution >= 4 is 21.8 Å². The Labute approximate surface area is 100 Å². The first-order valence-electron chi connectivity index (χ1n) is 4.90. The smallest absolute Gasteiger partial charge is 0.252 e. The van der Waals surface area contributed by atoms with E-state index in [1.165, 1.54) is 0 Å². The van der Waals surface area contributed by atoms with Gasteiger partial charge in [0, 0.05) is 28.9 Å². The average Bonchev–Trinajstić information content (AvgIpc) is 2.14. The van der Waals surface area contributed by atoms with E-state index in [9.17, 15) is 13.6 Å². The van der Waals surface area contributed by atoms with Gasteiger partial charge >= 0.3 is 0 Å². The van der Waals surface area contributed by atoms with Crippen molar-refractivity contribution in [1.82, 2.24) is 5.32 Å². The molecule has 1 fully saturated rings. The molecule has 1 aromatic carbocycles. The predicted molar refractivity (Wildman–Crippen MR) is 59.6 cm³/mol. The van der Waals surface area contributed by atoms with Crippen LogP contribution in [0.1, 0.15) is 23.2 Å². The van der Waals surface area contributed by atoms with Crippen molar-refractivity contribution in [1.29, 1.82) is 0 Å². The summed E-state index contributed by atoms with van der Waals surface area (Å²) in [5, 5.41) is 2.58. The minimum atomic E-state index is -2.60. The monoisotopic (exact) mass is 289 g/mol. The number of benzene rings is 1. The second-order valence-electron chi connectivity index (χ2n) is 3.94. The SMILES string of the molecule is O=C(NC1CC(F)(F)C1)c1cccc(Br)c1. The first-order valence-corrected chi connectivity index (χ1v) is 5.70. The number of hydrogen-bond donors (Lipinski definition) is 1. The van der Waals surface area contributed by atoms with Gasteiger partial charge in [0.2, 0.25) is 0 Å². The molecule has 0 unspecified atom stereocenters. The molecule has 86 valence electrons. The lowest BCUT2D eigenvalue weighted by Gasteiger charge is -2.35. The summed E-state index contributed by atoms with van der Waals surface area (Å²) in [6, 6.07) is 6.44. The fourth-order valence-electron chi connectivity index (χ4n) is 1.66. The van der Waals surface area contributed by atoms with E-state index in [1.54, 1.807) is 24.3 Å². The maximum absolute atomic E-state index is 12.5. The van der Waals surface area contributed by atoms with E-state index in [4.69, 9.17) is 0 Å². The van der Waals surface area contributed by atoms with Gasteiger partial charge in [0.25, 0.3) is 11.8 Å². The third kappa shape index (κ3) is 2.58. The lowest BCUT2D eigenvalue weighted by molar-refractivity contribution is -0.0901. The Bertz CT molecular complexity index is 414. The summed E-state index contributed by atoms with van der Waals surface area (Å²) in [5.41, 5.74) is 0.476. The molecule has 1 N–H and O–H groups in total. The van der Waals surface area contributed by atoms with Crippen LogP contribution in [0.3, 0.4) is 0 Å². The maximum atomic E-state index is 12.5. The largest absolute Gasteiger partial charge is 0.349 e. The zero-order chi connectivity index (χ0) is 11.8. The minimum Gasteiger partial charge on any atom is -0.349 e. The fourth-order valence-corrected chi connectivity index (χ4v) is 2.06. The van der Waals surface area contributed by atoms with E-state index in [0.29, 0.717) is 5.56 Å². The topological polar surface area (TPSA) is 29.1 Å². The van der Waals surface area contributed by atoms with Crippen LogP contribution in [0, 0.1) is 0 Å². The van der Waals surface area contributed by atoms with E-state index >= 15 is 0 Å². The zero-order valence-corrected chi connectivity index (χ0v) is 9.93. The van der Waals surface area contributed by atoms with Gasteiger partial charge in [0.1, 0.15) is 0 Å². The molecule has 0 spiro atoms. The van der Waals surface area contributed by atoms with Crippen molar-refractivity contribution in [2.24, 2.45) is 0 Å². The second kappa shape index (κ2) is 4.13. The summed E-state index contributed by atoms with van der Waals surface area (Å²) in [7, 11) is 0. The molecule has 0 aliphatic heterocycles. The standard InChI is InChI=1S/C11H10BrF2NO/c12-8-3-1-2-7(4-8)10(16)15-9-5-11(13,14)6-9/h1-4,9H,5-6H2,(H,15,16). The summed E-state index contributed by atoms with van der Waals surface area (Å²) in [6.07, 6.45) is -0.514. The normalized spacial score (nSPS) is 18.9. The minimum absolute atomic E-state index is 0.257. The highest BCUT2D eigenvalue weighted by Gasteiger charge is 2.45. The van der Waals surface area contributed by atoms with E-state index in [2.05, 4.69) is 21.2 Å². The molecule has 0 saturated heterocycles. The summed E-state index contributed by atoms with van der Waals surface area (Å²) in [4.78, 5) is 11.6. The molecule has 2 nitrogen and oxygen atoms in total. The van der Waals surface area contributed by atoms with Crippen LogP contribution < -0.4 is 5.32 Å². The molecule has 16 heavy (non-hydrogen) atoms. The summed E-state index contributed by atoms with van der Waals surface area (Å²) >= 11 is 3.25. The molecule has 0 atom stereocenters. The number of rotatable bonds is 2. The van der Waals surface area contributed by atoms with Gasteiger partial charge in [-0.25, -0.2) is 8.78 Å². The van der Waals surface area contributed by atoms with Crippen molar-refractivity contribution in [3.05, 3.63) is 34.3 Å². The third-order valence-corrected chi connectivity index (χ3v) is 3.01. The lowest BCUT2D eigenvalue weighted by atomic mass is 9.88. The van der Waals surface area contributed by atoms with E-state index < -0.39 is 12.0 Å². The van der Waals surface area contributed by atoms with E-state index in [1.807, 2.05) is 0 Å². The number of carbonyl (C=O) groups excluding carboxylic acids is 1. The van der Waals surface area contributed by atoms with Gasteiger partial charge in [-0.2, -0.15) is 0 Å². The summed E-state index contributed by atoms with van der Waals surface area (Å²) in [6.45, 7) is 0. The second-order valence-corrected chi connectivity index (χ2v) is 4.86. The maximum Gasteiger partial charge on any atom is 0.252 e. The van der Waals surface area contributed by atoms with E-state index in [-0.39, 0.29) is 18.7 Å². The molecule has 1 aliphatic rings. The molecular formula is C11H10BrF2NO. The highest BCUT2D eigenvalue weighted by Crippen LogP contribution is 2.37. The molecule has 1 amide bonds. The zero-order valence-electron chi connectivity index (χ0n) is 8.34. The highest BCUT2D eigenvalue weighted by molar-refractivity contribution is 9.10. The van der Waals surface area contributed by atoms with Crippen LogP contribution in [0.15, 0.2) is 28.7 Å². The van der Waals surface area contributed by atoms with Crippen molar-refractivity contribution in [3.63, 3.8) is 0 Å². The molecule has 0 radical (unpaired) electrons. The van der Waals surface area contributed by atoms with Gasteiger partial charge in [-0.1, -0.05) is 22.0 Å². The van der Waals surface area contributed by atoms with Crippen LogP contribution in [0.4, 0.5) is 8.78 Å². The Morgan fingerprint density at radius 3 is 2.69 bits per heavy atom. The van der Waals surface area contributed by atoms with Crippen molar-refractivity contribution in [2.45, 2.75) is 24.8 Å². The average molecular weight is 290 g/mol. The fraction of sp³-hybridized carbons (Fsp3) is 0.364. The highest BCUT2D eigenvalue weighted by atomic mass is 79.9. The molecule has 0 heterocycles. The number of halogens is 3. The van der Waals surface area contributed by atoms with Crippen LogP contribution in [0.2, 0.25) is 0 Å². The Morgan fingerprint density at radius 2 is 2.12 bits per heavy atom. The Balaban J connectivity index is 1.94.